The molecule has 1 unspecified atom stereocenters. The molecule has 0 aliphatic carbocycles. The number of nitrogens with one attached hydrogen (secondary N) is 3. The normalized spacial score (nSPS) is 11.9. The van der Waals surface area contributed by atoms with E-state index in [1.165, 1.54) is 11.3 Å². The standard InChI is InChI=1S/C25H26N4O2S/c1-16-6-5-7-17(2)24(16)29-25(31)21(28-22(30)10-11-23-26-12-13-32-23)14-18-15-27-20-9-4-3-8-19(18)20/h3-9,12-13,15,21,27H,10-11,14H2,1-2H3,(H,28,30)(H,29,31). The van der Waals surface area contributed by atoms with Crippen LogP contribution >= 0.6 is 11.3 Å². The van der Waals surface area contributed by atoms with Crippen molar-refractivity contribution in [1.29, 1.82) is 0 Å². The van der Waals surface area contributed by atoms with E-state index in [0.717, 1.165) is 38.3 Å². The topological polar surface area (TPSA) is 86.9 Å². The van der Waals surface area contributed by atoms with Crippen molar-refractivity contribution in [2.75, 3.05) is 5.32 Å². The molecule has 164 valence electrons. The molecule has 0 spiro atoms. The maximum absolute atomic E-state index is 13.3. The molecule has 32 heavy (non-hydrogen) atoms. The van der Waals surface area contributed by atoms with Crippen LogP contribution in [0.5, 0.6) is 0 Å². The smallest absolute Gasteiger partial charge is 0.247 e. The number of H-pyrrole nitrogens is 1. The third-order valence-electron chi connectivity index (χ3n) is 5.53. The van der Waals surface area contributed by atoms with E-state index >= 15 is 0 Å². The molecule has 0 bridgehead atoms. The summed E-state index contributed by atoms with van der Waals surface area (Å²) in [6.45, 7) is 3.92. The van der Waals surface area contributed by atoms with Crippen LogP contribution in [0.4, 0.5) is 5.69 Å². The lowest BCUT2D eigenvalue weighted by Gasteiger charge is -2.20. The molecule has 0 aliphatic rings. The fourth-order valence-corrected chi connectivity index (χ4v) is 4.44. The number of aromatic nitrogens is 2. The number of aryl methyl sites for hydroxylation is 3. The lowest BCUT2D eigenvalue weighted by Crippen LogP contribution is -2.45. The number of para-hydroxylation sites is 2. The molecular weight excluding hydrogens is 420 g/mol. The summed E-state index contributed by atoms with van der Waals surface area (Å²) >= 11 is 1.53. The van der Waals surface area contributed by atoms with Crippen molar-refractivity contribution < 1.29 is 9.59 Å². The van der Waals surface area contributed by atoms with Crippen LogP contribution in [-0.2, 0) is 22.4 Å². The predicted octanol–water partition coefficient (Wildman–Crippen LogP) is 4.54. The van der Waals surface area contributed by atoms with Crippen LogP contribution < -0.4 is 10.6 Å². The average molecular weight is 447 g/mol. The molecule has 0 saturated heterocycles. The van der Waals surface area contributed by atoms with Gasteiger partial charge in [0.2, 0.25) is 11.8 Å². The number of amides is 2. The molecule has 4 aromatic rings. The van der Waals surface area contributed by atoms with Gasteiger partial charge in [0.25, 0.3) is 0 Å². The van der Waals surface area contributed by atoms with Gasteiger partial charge in [0.15, 0.2) is 0 Å². The van der Waals surface area contributed by atoms with E-state index in [2.05, 4.69) is 20.6 Å². The highest BCUT2D eigenvalue weighted by molar-refractivity contribution is 7.09. The number of fused-ring (bicyclic) bond motifs is 1. The minimum atomic E-state index is -0.697. The monoisotopic (exact) mass is 446 g/mol. The van der Waals surface area contributed by atoms with Crippen LogP contribution in [0, 0.1) is 13.8 Å². The van der Waals surface area contributed by atoms with Crippen molar-refractivity contribution >= 4 is 39.7 Å². The minimum absolute atomic E-state index is 0.165. The second kappa shape index (κ2) is 9.78. The molecule has 7 heteroatoms. The van der Waals surface area contributed by atoms with E-state index < -0.39 is 6.04 Å². The Morgan fingerprint density at radius 1 is 1.09 bits per heavy atom. The van der Waals surface area contributed by atoms with Crippen molar-refractivity contribution in [2.45, 2.75) is 39.2 Å². The number of hydrogen-bond acceptors (Lipinski definition) is 4. The number of hydrogen-bond donors (Lipinski definition) is 3. The second-order valence-corrected chi connectivity index (χ2v) is 8.84. The predicted molar refractivity (Wildman–Crippen MR) is 129 cm³/mol. The summed E-state index contributed by atoms with van der Waals surface area (Å²) in [7, 11) is 0. The van der Waals surface area contributed by atoms with Gasteiger partial charge in [0.05, 0.1) is 5.01 Å². The van der Waals surface area contributed by atoms with Crippen LogP contribution in [0.2, 0.25) is 0 Å². The van der Waals surface area contributed by atoms with E-state index in [9.17, 15) is 9.59 Å². The molecule has 2 heterocycles. The third-order valence-corrected chi connectivity index (χ3v) is 6.37. The highest BCUT2D eigenvalue weighted by Crippen LogP contribution is 2.22. The number of rotatable bonds is 8. The van der Waals surface area contributed by atoms with Gasteiger partial charge in [-0.1, -0.05) is 36.4 Å². The van der Waals surface area contributed by atoms with E-state index in [1.54, 1.807) is 6.20 Å². The molecule has 4 rings (SSSR count). The van der Waals surface area contributed by atoms with Gasteiger partial charge in [-0.15, -0.1) is 11.3 Å². The average Bonchev–Trinajstić information content (AvgIpc) is 3.45. The molecule has 3 N–H and O–H groups in total. The van der Waals surface area contributed by atoms with Crippen LogP contribution in [0.3, 0.4) is 0 Å². The first-order valence-electron chi connectivity index (χ1n) is 10.6. The zero-order valence-electron chi connectivity index (χ0n) is 18.1. The van der Waals surface area contributed by atoms with E-state index in [-0.39, 0.29) is 18.2 Å². The summed E-state index contributed by atoms with van der Waals surface area (Å²) in [6.07, 6.45) is 4.88. The van der Waals surface area contributed by atoms with Crippen LogP contribution in [0.25, 0.3) is 10.9 Å². The van der Waals surface area contributed by atoms with E-state index in [4.69, 9.17) is 0 Å². The molecule has 0 fully saturated rings. The number of carbonyl (C=O) groups excluding carboxylic acids is 2. The maximum Gasteiger partial charge on any atom is 0.247 e. The first kappa shape index (κ1) is 21.8. The van der Waals surface area contributed by atoms with Crippen LogP contribution in [0.1, 0.15) is 28.1 Å². The number of anilines is 1. The molecule has 2 aromatic carbocycles. The first-order valence-corrected chi connectivity index (χ1v) is 11.5. The molecule has 0 radical (unpaired) electrons. The van der Waals surface area contributed by atoms with Crippen LogP contribution in [-0.4, -0.2) is 27.8 Å². The maximum atomic E-state index is 13.3. The van der Waals surface area contributed by atoms with Gasteiger partial charge in [-0.05, 0) is 36.6 Å². The van der Waals surface area contributed by atoms with Crippen molar-refractivity contribution in [3.63, 3.8) is 0 Å². The summed E-state index contributed by atoms with van der Waals surface area (Å²) in [6, 6.07) is 13.1. The number of nitrogens with zero attached hydrogens (tertiary/aromatic N) is 1. The zero-order valence-corrected chi connectivity index (χ0v) is 19.0. The quantitative estimate of drug-likeness (QED) is 0.371. The van der Waals surface area contributed by atoms with Gasteiger partial charge in [-0.25, -0.2) is 4.98 Å². The largest absolute Gasteiger partial charge is 0.361 e. The Labute approximate surface area is 191 Å². The van der Waals surface area contributed by atoms with Crippen LogP contribution in [0.15, 0.2) is 60.2 Å². The molecule has 1 atom stereocenters. The zero-order chi connectivity index (χ0) is 22.5. The van der Waals surface area contributed by atoms with Gasteiger partial charge in [-0.3, -0.25) is 9.59 Å². The minimum Gasteiger partial charge on any atom is -0.361 e. The van der Waals surface area contributed by atoms with Crippen molar-refractivity contribution in [3.05, 3.63) is 81.9 Å². The lowest BCUT2D eigenvalue weighted by molar-refractivity contribution is -0.126. The molecule has 0 saturated carbocycles. The number of thiazole rings is 1. The van der Waals surface area contributed by atoms with Gasteiger partial charge in [0, 0.05) is 53.6 Å². The van der Waals surface area contributed by atoms with E-state index in [1.807, 2.05) is 67.9 Å². The summed E-state index contributed by atoms with van der Waals surface area (Å²) in [5.41, 5.74) is 4.76. The number of carbonyl (C=O) groups is 2. The Morgan fingerprint density at radius 3 is 2.62 bits per heavy atom. The Hall–Kier alpha value is -3.45. The number of aromatic amines is 1. The summed E-state index contributed by atoms with van der Waals surface area (Å²) in [5.74, 6) is -0.392. The van der Waals surface area contributed by atoms with Crippen molar-refractivity contribution in [3.8, 4) is 0 Å². The molecule has 2 aromatic heterocycles. The fourth-order valence-electron chi connectivity index (χ4n) is 3.82. The Morgan fingerprint density at radius 2 is 1.88 bits per heavy atom. The Bertz CT molecular complexity index is 1210. The van der Waals surface area contributed by atoms with Gasteiger partial charge < -0.3 is 15.6 Å². The Kier molecular flexibility index (Phi) is 6.66. The van der Waals surface area contributed by atoms with Crippen molar-refractivity contribution in [2.24, 2.45) is 0 Å². The van der Waals surface area contributed by atoms with Gasteiger partial charge in [0.1, 0.15) is 6.04 Å². The summed E-state index contributed by atoms with van der Waals surface area (Å²) < 4.78 is 0. The van der Waals surface area contributed by atoms with Gasteiger partial charge >= 0.3 is 0 Å². The lowest BCUT2D eigenvalue weighted by atomic mass is 10.0. The first-order chi connectivity index (χ1) is 15.5. The highest BCUT2D eigenvalue weighted by Gasteiger charge is 2.23. The van der Waals surface area contributed by atoms with E-state index in [0.29, 0.717) is 12.8 Å². The fraction of sp³-hybridized carbons (Fsp3) is 0.240. The second-order valence-electron chi connectivity index (χ2n) is 7.87. The summed E-state index contributed by atoms with van der Waals surface area (Å²) in [5, 5.41) is 9.85. The van der Waals surface area contributed by atoms with Crippen molar-refractivity contribution in [1.82, 2.24) is 15.3 Å². The Balaban J connectivity index is 1.53. The molecular formula is C25H26N4O2S. The third kappa shape index (κ3) is 5.06. The molecule has 2 amide bonds. The van der Waals surface area contributed by atoms with Gasteiger partial charge in [-0.2, -0.15) is 0 Å². The summed E-state index contributed by atoms with van der Waals surface area (Å²) in [4.78, 5) is 33.5. The molecule has 6 nitrogen and oxygen atoms in total. The number of benzene rings is 2. The highest BCUT2D eigenvalue weighted by atomic mass is 32.1. The SMILES string of the molecule is Cc1cccc(C)c1NC(=O)C(Cc1c[nH]c2ccccc12)NC(=O)CCc1nccs1. The molecule has 0 aliphatic heterocycles.